The Labute approximate surface area is 135 Å². The van der Waals surface area contributed by atoms with Crippen molar-refractivity contribution < 1.29 is 4.74 Å². The van der Waals surface area contributed by atoms with E-state index in [2.05, 4.69) is 30.9 Å². The number of rotatable bonds is 3. The smallest absolute Gasteiger partial charge is 0.0713 e. The van der Waals surface area contributed by atoms with E-state index in [1.54, 1.807) is 0 Å². The lowest BCUT2D eigenvalue weighted by Crippen LogP contribution is -2.53. The minimum atomic E-state index is 0.225. The maximum atomic E-state index is 6.25. The molecule has 3 unspecified atom stereocenters. The minimum absolute atomic E-state index is 0.225. The van der Waals surface area contributed by atoms with Crippen LogP contribution in [0.4, 0.5) is 0 Å². The lowest BCUT2D eigenvalue weighted by atomic mass is 9.76. The second-order valence-corrected chi connectivity index (χ2v) is 9.02. The number of nitrogens with one attached hydrogen (secondary N) is 1. The van der Waals surface area contributed by atoms with Gasteiger partial charge in [-0.25, -0.2) is 0 Å². The van der Waals surface area contributed by atoms with E-state index in [-0.39, 0.29) is 5.60 Å². The molecule has 1 saturated carbocycles. The average molecular weight is 312 g/mol. The lowest BCUT2D eigenvalue weighted by Gasteiger charge is -2.46. The fourth-order valence-corrected chi connectivity index (χ4v) is 5.97. The van der Waals surface area contributed by atoms with Gasteiger partial charge >= 0.3 is 0 Å². The van der Waals surface area contributed by atoms with Gasteiger partial charge in [-0.1, -0.05) is 26.7 Å². The Balaban J connectivity index is 1.58. The number of hydrogen-bond donors (Lipinski definition) is 1. The van der Waals surface area contributed by atoms with Crippen LogP contribution in [0.2, 0.25) is 0 Å². The van der Waals surface area contributed by atoms with E-state index in [1.165, 1.54) is 62.9 Å². The molecule has 2 aliphatic heterocycles. The van der Waals surface area contributed by atoms with E-state index >= 15 is 0 Å². The van der Waals surface area contributed by atoms with Crippen molar-refractivity contribution in [1.82, 2.24) is 5.32 Å². The highest BCUT2D eigenvalue weighted by Crippen LogP contribution is 2.38. The SMILES string of the molecule is CC(C)C1CCCCC1NC1CCOC2(CCSCC2)C1. The summed E-state index contributed by atoms with van der Waals surface area (Å²) in [4.78, 5) is 0. The summed E-state index contributed by atoms with van der Waals surface area (Å²) in [6.07, 6.45) is 10.7. The predicted octanol–water partition coefficient (Wildman–Crippen LogP) is 4.24. The van der Waals surface area contributed by atoms with Crippen LogP contribution in [0, 0.1) is 11.8 Å². The largest absolute Gasteiger partial charge is 0.375 e. The zero-order valence-electron chi connectivity index (χ0n) is 13.9. The molecule has 122 valence electrons. The molecule has 0 aromatic carbocycles. The second kappa shape index (κ2) is 7.23. The molecule has 21 heavy (non-hydrogen) atoms. The average Bonchev–Trinajstić information content (AvgIpc) is 2.48. The molecule has 3 rings (SSSR count). The van der Waals surface area contributed by atoms with Crippen LogP contribution in [0.1, 0.15) is 65.2 Å². The van der Waals surface area contributed by atoms with Crippen molar-refractivity contribution in [3.05, 3.63) is 0 Å². The van der Waals surface area contributed by atoms with E-state index in [0.717, 1.165) is 24.5 Å². The molecule has 2 heterocycles. The molecule has 3 atom stereocenters. The Morgan fingerprint density at radius 2 is 1.86 bits per heavy atom. The van der Waals surface area contributed by atoms with Crippen LogP contribution in [0.5, 0.6) is 0 Å². The molecule has 3 fully saturated rings. The Morgan fingerprint density at radius 1 is 1.10 bits per heavy atom. The van der Waals surface area contributed by atoms with Crippen LogP contribution >= 0.6 is 11.8 Å². The van der Waals surface area contributed by atoms with Crippen molar-refractivity contribution in [1.29, 1.82) is 0 Å². The maximum absolute atomic E-state index is 6.25. The van der Waals surface area contributed by atoms with Crippen molar-refractivity contribution >= 4 is 11.8 Å². The Morgan fingerprint density at radius 3 is 2.62 bits per heavy atom. The lowest BCUT2D eigenvalue weighted by molar-refractivity contribution is -0.0955. The van der Waals surface area contributed by atoms with Crippen LogP contribution in [-0.4, -0.2) is 35.8 Å². The highest BCUT2D eigenvalue weighted by molar-refractivity contribution is 7.99. The van der Waals surface area contributed by atoms with Gasteiger partial charge in [0.05, 0.1) is 5.60 Å². The monoisotopic (exact) mass is 311 g/mol. The molecule has 0 aromatic heterocycles. The topological polar surface area (TPSA) is 21.3 Å². The fourth-order valence-electron chi connectivity index (χ4n) is 4.73. The second-order valence-electron chi connectivity index (χ2n) is 7.80. The standard InChI is InChI=1S/C18H33NOS/c1-14(2)16-5-3-4-6-17(16)19-15-7-10-20-18(13-15)8-11-21-12-9-18/h14-17,19H,3-13H2,1-2H3. The Hall–Kier alpha value is 0.270. The Bertz CT molecular complexity index is 322. The van der Waals surface area contributed by atoms with Gasteiger partial charge in [0.1, 0.15) is 0 Å². The molecule has 2 saturated heterocycles. The van der Waals surface area contributed by atoms with Crippen molar-refractivity contribution in [3.63, 3.8) is 0 Å². The molecule has 0 amide bonds. The molecule has 0 bridgehead atoms. The van der Waals surface area contributed by atoms with Gasteiger partial charge in [0.2, 0.25) is 0 Å². The molecular formula is C18H33NOS. The summed E-state index contributed by atoms with van der Waals surface area (Å²) in [6, 6.07) is 1.46. The van der Waals surface area contributed by atoms with E-state index in [9.17, 15) is 0 Å². The Kier molecular flexibility index (Phi) is 5.55. The summed E-state index contributed by atoms with van der Waals surface area (Å²) < 4.78 is 6.25. The van der Waals surface area contributed by atoms with Gasteiger partial charge in [0, 0.05) is 18.7 Å². The summed E-state index contributed by atoms with van der Waals surface area (Å²) in [6.45, 7) is 5.80. The van der Waals surface area contributed by atoms with Gasteiger partial charge in [-0.05, 0) is 61.9 Å². The summed E-state index contributed by atoms with van der Waals surface area (Å²) in [5.41, 5.74) is 0.225. The normalized spacial score (nSPS) is 37.0. The third-order valence-electron chi connectivity index (χ3n) is 6.02. The van der Waals surface area contributed by atoms with Crippen molar-refractivity contribution in [2.24, 2.45) is 11.8 Å². The summed E-state index contributed by atoms with van der Waals surface area (Å²) >= 11 is 2.10. The van der Waals surface area contributed by atoms with Crippen molar-refractivity contribution in [2.75, 3.05) is 18.1 Å². The molecule has 3 aliphatic rings. The van der Waals surface area contributed by atoms with Crippen LogP contribution in [0.3, 0.4) is 0 Å². The molecule has 0 aromatic rings. The number of hydrogen-bond acceptors (Lipinski definition) is 3. The van der Waals surface area contributed by atoms with Gasteiger partial charge in [0.25, 0.3) is 0 Å². The molecule has 1 aliphatic carbocycles. The van der Waals surface area contributed by atoms with E-state index in [1.807, 2.05) is 0 Å². The van der Waals surface area contributed by atoms with Gasteiger partial charge in [-0.15, -0.1) is 0 Å². The number of thioether (sulfide) groups is 1. The first kappa shape index (κ1) is 16.1. The summed E-state index contributed by atoms with van der Waals surface area (Å²) in [7, 11) is 0. The zero-order valence-corrected chi connectivity index (χ0v) is 14.7. The third-order valence-corrected chi connectivity index (χ3v) is 7.01. The van der Waals surface area contributed by atoms with Crippen LogP contribution in [-0.2, 0) is 4.74 Å². The molecule has 2 nitrogen and oxygen atoms in total. The quantitative estimate of drug-likeness (QED) is 0.842. The molecular weight excluding hydrogens is 278 g/mol. The number of ether oxygens (including phenoxy) is 1. The van der Waals surface area contributed by atoms with Crippen molar-refractivity contribution in [3.8, 4) is 0 Å². The summed E-state index contributed by atoms with van der Waals surface area (Å²) in [5.74, 6) is 4.30. The van der Waals surface area contributed by atoms with Gasteiger partial charge in [-0.2, -0.15) is 11.8 Å². The van der Waals surface area contributed by atoms with Gasteiger partial charge in [0.15, 0.2) is 0 Å². The molecule has 3 heteroatoms. The first-order valence-corrected chi connectivity index (χ1v) is 10.3. The maximum Gasteiger partial charge on any atom is 0.0713 e. The first-order valence-electron chi connectivity index (χ1n) is 9.16. The first-order chi connectivity index (χ1) is 10.2. The van der Waals surface area contributed by atoms with E-state index in [4.69, 9.17) is 4.74 Å². The van der Waals surface area contributed by atoms with E-state index < -0.39 is 0 Å². The highest BCUT2D eigenvalue weighted by Gasteiger charge is 2.40. The summed E-state index contributed by atoms with van der Waals surface area (Å²) in [5, 5.41) is 4.07. The van der Waals surface area contributed by atoms with Crippen molar-refractivity contribution in [2.45, 2.75) is 82.9 Å². The van der Waals surface area contributed by atoms with Gasteiger partial charge < -0.3 is 10.1 Å². The highest BCUT2D eigenvalue weighted by atomic mass is 32.2. The molecule has 0 radical (unpaired) electrons. The zero-order chi connectivity index (χ0) is 14.7. The fraction of sp³-hybridized carbons (Fsp3) is 1.00. The predicted molar refractivity (Wildman–Crippen MR) is 92.0 cm³/mol. The molecule has 1 spiro atoms. The van der Waals surface area contributed by atoms with Crippen LogP contribution in [0.25, 0.3) is 0 Å². The van der Waals surface area contributed by atoms with Crippen LogP contribution < -0.4 is 5.32 Å². The van der Waals surface area contributed by atoms with E-state index in [0.29, 0.717) is 6.04 Å². The van der Waals surface area contributed by atoms with Gasteiger partial charge in [-0.3, -0.25) is 0 Å². The minimum Gasteiger partial charge on any atom is -0.375 e. The van der Waals surface area contributed by atoms with Crippen LogP contribution in [0.15, 0.2) is 0 Å². The third kappa shape index (κ3) is 3.97. The molecule has 1 N–H and O–H groups in total.